The lowest BCUT2D eigenvalue weighted by Crippen LogP contribution is -2.23. The minimum atomic E-state index is -0.173. The summed E-state index contributed by atoms with van der Waals surface area (Å²) in [5.41, 5.74) is 3.03. The van der Waals surface area contributed by atoms with E-state index in [1.54, 1.807) is 0 Å². The molecule has 0 aromatic heterocycles. The first-order chi connectivity index (χ1) is 13.4. The molecule has 1 aliphatic rings. The molecule has 28 heavy (non-hydrogen) atoms. The summed E-state index contributed by atoms with van der Waals surface area (Å²) in [6.45, 7) is 5.91. The quantitative estimate of drug-likeness (QED) is 0.641. The third-order valence-corrected chi connectivity index (χ3v) is 4.50. The number of nitrogens with one attached hydrogen (secondary N) is 3. The smallest absolute Gasteiger partial charge is 0.243 e. The summed E-state index contributed by atoms with van der Waals surface area (Å²) in [7, 11) is 0. The van der Waals surface area contributed by atoms with Gasteiger partial charge in [-0.15, -0.1) is 0 Å². The number of rotatable bonds is 8. The Hall–Kier alpha value is -3.02. The Morgan fingerprint density at radius 1 is 1.00 bits per heavy atom. The molecule has 0 spiro atoms. The topological polar surface area (TPSA) is 79.5 Å². The van der Waals surface area contributed by atoms with Crippen molar-refractivity contribution in [2.75, 3.05) is 22.5 Å². The van der Waals surface area contributed by atoms with Crippen molar-refractivity contribution in [2.24, 2.45) is 5.92 Å². The fourth-order valence-electron chi connectivity index (χ4n) is 2.83. The minimum absolute atomic E-state index is 0.0491. The van der Waals surface area contributed by atoms with Gasteiger partial charge in [0.1, 0.15) is 5.75 Å². The lowest BCUT2D eigenvalue weighted by atomic mass is 10.1. The van der Waals surface area contributed by atoms with Gasteiger partial charge in [0.25, 0.3) is 0 Å². The zero-order valence-corrected chi connectivity index (χ0v) is 16.5. The third kappa shape index (κ3) is 5.25. The van der Waals surface area contributed by atoms with Gasteiger partial charge in [-0.3, -0.25) is 9.59 Å². The maximum atomic E-state index is 12.4. The highest BCUT2D eigenvalue weighted by Crippen LogP contribution is 2.31. The molecule has 0 unspecified atom stereocenters. The number of anilines is 3. The van der Waals surface area contributed by atoms with Crippen LogP contribution < -0.4 is 20.7 Å². The molecule has 2 amide bonds. The number of amides is 2. The van der Waals surface area contributed by atoms with Crippen molar-refractivity contribution in [3.05, 3.63) is 48.0 Å². The van der Waals surface area contributed by atoms with Crippen molar-refractivity contribution in [2.45, 2.75) is 39.7 Å². The summed E-state index contributed by atoms with van der Waals surface area (Å²) in [6, 6.07) is 13.0. The second kappa shape index (κ2) is 8.78. The van der Waals surface area contributed by atoms with Crippen LogP contribution in [0.15, 0.2) is 42.5 Å². The van der Waals surface area contributed by atoms with E-state index in [0.29, 0.717) is 11.4 Å². The van der Waals surface area contributed by atoms with Gasteiger partial charge in [-0.1, -0.05) is 18.2 Å². The van der Waals surface area contributed by atoms with Crippen LogP contribution in [0.3, 0.4) is 0 Å². The number of benzene rings is 2. The molecule has 1 fully saturated rings. The lowest BCUT2D eigenvalue weighted by molar-refractivity contribution is -0.117. The van der Waals surface area contributed by atoms with Crippen LogP contribution >= 0.6 is 0 Å². The highest BCUT2D eigenvalue weighted by atomic mass is 16.5. The summed E-state index contributed by atoms with van der Waals surface area (Å²) in [4.78, 5) is 24.4. The summed E-state index contributed by atoms with van der Waals surface area (Å²) < 4.78 is 5.76. The van der Waals surface area contributed by atoms with E-state index < -0.39 is 0 Å². The molecule has 6 heteroatoms. The molecular weight excluding hydrogens is 354 g/mol. The Labute approximate surface area is 165 Å². The van der Waals surface area contributed by atoms with Gasteiger partial charge in [0.2, 0.25) is 11.8 Å². The first kappa shape index (κ1) is 19.7. The van der Waals surface area contributed by atoms with E-state index in [4.69, 9.17) is 4.74 Å². The predicted octanol–water partition coefficient (Wildman–Crippen LogP) is 4.18. The highest BCUT2D eigenvalue weighted by molar-refractivity contribution is 5.98. The van der Waals surface area contributed by atoms with Crippen LogP contribution in [-0.4, -0.2) is 24.5 Å². The zero-order chi connectivity index (χ0) is 20.1. The Morgan fingerprint density at radius 2 is 1.64 bits per heavy atom. The Bertz CT molecular complexity index is 860. The van der Waals surface area contributed by atoms with E-state index in [0.717, 1.165) is 29.8 Å². The van der Waals surface area contributed by atoms with Gasteiger partial charge in [-0.2, -0.15) is 0 Å². The molecule has 3 N–H and O–H groups in total. The van der Waals surface area contributed by atoms with Gasteiger partial charge < -0.3 is 20.7 Å². The minimum Gasteiger partial charge on any atom is -0.489 e. The van der Waals surface area contributed by atoms with Crippen LogP contribution in [0, 0.1) is 12.8 Å². The van der Waals surface area contributed by atoms with E-state index in [2.05, 4.69) is 16.0 Å². The fourth-order valence-corrected chi connectivity index (χ4v) is 2.83. The maximum absolute atomic E-state index is 12.4. The number of ether oxygens (including phenoxy) is 1. The van der Waals surface area contributed by atoms with Crippen molar-refractivity contribution in [1.29, 1.82) is 0 Å². The fraction of sp³-hybridized carbons (Fsp3) is 0.364. The molecule has 0 radical (unpaired) electrons. The van der Waals surface area contributed by atoms with E-state index in [9.17, 15) is 9.59 Å². The van der Waals surface area contributed by atoms with Gasteiger partial charge in [0, 0.05) is 17.3 Å². The monoisotopic (exact) mass is 381 g/mol. The van der Waals surface area contributed by atoms with Crippen molar-refractivity contribution in [1.82, 2.24) is 0 Å². The largest absolute Gasteiger partial charge is 0.489 e. The molecule has 0 atom stereocenters. The van der Waals surface area contributed by atoms with E-state index >= 15 is 0 Å². The molecule has 3 rings (SSSR count). The number of para-hydroxylation sites is 2. The normalized spacial score (nSPS) is 13.1. The van der Waals surface area contributed by atoms with Crippen LogP contribution in [-0.2, 0) is 9.59 Å². The Morgan fingerprint density at radius 3 is 2.32 bits per heavy atom. The van der Waals surface area contributed by atoms with E-state index in [1.165, 1.54) is 0 Å². The summed E-state index contributed by atoms with van der Waals surface area (Å²) in [5, 5.41) is 8.97. The van der Waals surface area contributed by atoms with Gasteiger partial charge in [0.05, 0.1) is 18.3 Å². The van der Waals surface area contributed by atoms with Crippen molar-refractivity contribution in [3.63, 3.8) is 0 Å². The molecule has 148 valence electrons. The standard InChI is InChI=1S/C22H27N3O3/c1-14(2)28-20-10-5-4-7-19(20)23-13-21(26)24-17-8-6-9-18(15(17)3)25-22(27)16-11-12-16/h4-10,14,16,23H,11-13H2,1-3H3,(H,24,26)(H,25,27). The zero-order valence-electron chi connectivity index (χ0n) is 16.5. The summed E-state index contributed by atoms with van der Waals surface area (Å²) >= 11 is 0. The van der Waals surface area contributed by atoms with Gasteiger partial charge in [-0.25, -0.2) is 0 Å². The van der Waals surface area contributed by atoms with Crippen molar-refractivity contribution in [3.8, 4) is 5.75 Å². The van der Waals surface area contributed by atoms with E-state index in [-0.39, 0.29) is 30.4 Å². The van der Waals surface area contributed by atoms with Gasteiger partial charge in [-0.05, 0) is 63.4 Å². The molecule has 2 aromatic carbocycles. The highest BCUT2D eigenvalue weighted by Gasteiger charge is 2.29. The number of hydrogen-bond acceptors (Lipinski definition) is 4. The van der Waals surface area contributed by atoms with Crippen molar-refractivity contribution >= 4 is 28.9 Å². The summed E-state index contributed by atoms with van der Waals surface area (Å²) in [5.74, 6) is 0.726. The third-order valence-electron chi connectivity index (χ3n) is 4.50. The second-order valence-corrected chi connectivity index (χ2v) is 7.31. The SMILES string of the molecule is Cc1c(NC(=O)CNc2ccccc2OC(C)C)cccc1NC(=O)C1CC1. The molecule has 0 bridgehead atoms. The summed E-state index contributed by atoms with van der Waals surface area (Å²) in [6.07, 6.45) is 1.96. The van der Waals surface area contributed by atoms with Gasteiger partial charge in [0.15, 0.2) is 0 Å². The lowest BCUT2D eigenvalue weighted by Gasteiger charge is -2.16. The Kier molecular flexibility index (Phi) is 6.19. The van der Waals surface area contributed by atoms with Crippen LogP contribution in [0.5, 0.6) is 5.75 Å². The number of carbonyl (C=O) groups is 2. The van der Waals surface area contributed by atoms with Gasteiger partial charge >= 0.3 is 0 Å². The van der Waals surface area contributed by atoms with Crippen LogP contribution in [0.4, 0.5) is 17.1 Å². The van der Waals surface area contributed by atoms with E-state index in [1.807, 2.05) is 63.2 Å². The molecule has 0 saturated heterocycles. The molecule has 1 saturated carbocycles. The van der Waals surface area contributed by atoms with Crippen molar-refractivity contribution < 1.29 is 14.3 Å². The molecule has 0 aliphatic heterocycles. The first-order valence-corrected chi connectivity index (χ1v) is 9.64. The Balaban J connectivity index is 1.60. The molecule has 1 aliphatic carbocycles. The number of carbonyl (C=O) groups excluding carboxylic acids is 2. The average Bonchev–Trinajstić information content (AvgIpc) is 3.49. The molecule has 0 heterocycles. The predicted molar refractivity (Wildman–Crippen MR) is 112 cm³/mol. The second-order valence-electron chi connectivity index (χ2n) is 7.31. The van der Waals surface area contributed by atoms with Crippen LogP contribution in [0.25, 0.3) is 0 Å². The molecular formula is C22H27N3O3. The van der Waals surface area contributed by atoms with Crippen LogP contribution in [0.1, 0.15) is 32.3 Å². The average molecular weight is 381 g/mol. The molecule has 6 nitrogen and oxygen atoms in total. The molecule has 2 aromatic rings. The van der Waals surface area contributed by atoms with Crippen LogP contribution in [0.2, 0.25) is 0 Å². The number of hydrogen-bond donors (Lipinski definition) is 3. The maximum Gasteiger partial charge on any atom is 0.243 e. The first-order valence-electron chi connectivity index (χ1n) is 9.64.